The highest BCUT2D eigenvalue weighted by atomic mass is 16.5. The molecular formula is C26H31N3O4. The van der Waals surface area contributed by atoms with E-state index >= 15 is 0 Å². The Morgan fingerprint density at radius 3 is 2.67 bits per heavy atom. The second kappa shape index (κ2) is 11.9. The van der Waals surface area contributed by atoms with Crippen LogP contribution < -0.4 is 10.6 Å². The van der Waals surface area contributed by atoms with Crippen LogP contribution in [0.15, 0.2) is 48.5 Å². The molecule has 1 unspecified atom stereocenters. The van der Waals surface area contributed by atoms with Gasteiger partial charge in [0.2, 0.25) is 5.91 Å². The number of nitrogens with zero attached hydrogens (tertiary/aromatic N) is 1. The van der Waals surface area contributed by atoms with Crippen LogP contribution in [0.5, 0.6) is 5.75 Å². The van der Waals surface area contributed by atoms with Gasteiger partial charge in [0.25, 0.3) is 0 Å². The second-order valence-electron chi connectivity index (χ2n) is 8.53. The molecule has 0 aliphatic heterocycles. The van der Waals surface area contributed by atoms with Gasteiger partial charge >= 0.3 is 6.09 Å². The average molecular weight is 450 g/mol. The third-order valence-electron chi connectivity index (χ3n) is 5.99. The SMILES string of the molecule is Cc1ccc(CCCOC(=O)N[C@@H]2CCCC[C@H]2C(=O)NC(C#N)c2cccc(O)c2)cc1. The van der Waals surface area contributed by atoms with Gasteiger partial charge in [-0.05, 0) is 55.9 Å². The Labute approximate surface area is 194 Å². The number of hydrogen-bond acceptors (Lipinski definition) is 5. The van der Waals surface area contributed by atoms with Gasteiger partial charge in [-0.3, -0.25) is 4.79 Å². The van der Waals surface area contributed by atoms with Crippen molar-refractivity contribution in [2.75, 3.05) is 6.61 Å². The molecule has 0 aromatic heterocycles. The number of rotatable bonds is 8. The van der Waals surface area contributed by atoms with Gasteiger partial charge in [0.1, 0.15) is 11.8 Å². The molecule has 7 nitrogen and oxygen atoms in total. The number of phenolic OH excluding ortho intramolecular Hbond substituents is 1. The van der Waals surface area contributed by atoms with Crippen LogP contribution in [0.1, 0.15) is 54.8 Å². The summed E-state index contributed by atoms with van der Waals surface area (Å²) in [4.78, 5) is 25.3. The molecule has 2 aromatic carbocycles. The number of aromatic hydroxyl groups is 1. The van der Waals surface area contributed by atoms with Crippen molar-refractivity contribution in [3.05, 3.63) is 65.2 Å². The van der Waals surface area contributed by atoms with Gasteiger partial charge in [-0.2, -0.15) is 5.26 Å². The fourth-order valence-corrected chi connectivity index (χ4v) is 4.15. The van der Waals surface area contributed by atoms with E-state index in [1.165, 1.54) is 23.3 Å². The standard InChI is InChI=1S/C26H31N3O4/c1-18-11-13-19(14-12-18)6-5-15-33-26(32)29-23-10-3-2-9-22(23)25(31)28-24(17-27)20-7-4-8-21(30)16-20/h4,7-8,11-14,16,22-24,30H,2-3,5-6,9-10,15H2,1H3,(H,28,31)(H,29,32)/t22-,23-,24?/m1/s1. The number of nitrogens with one attached hydrogen (secondary N) is 2. The molecule has 2 aromatic rings. The van der Waals surface area contributed by atoms with E-state index in [0.29, 0.717) is 25.0 Å². The van der Waals surface area contributed by atoms with E-state index in [-0.39, 0.29) is 17.7 Å². The van der Waals surface area contributed by atoms with Gasteiger partial charge in [-0.1, -0.05) is 54.8 Å². The minimum Gasteiger partial charge on any atom is -0.508 e. The molecule has 1 aliphatic rings. The van der Waals surface area contributed by atoms with E-state index in [1.807, 2.05) is 6.92 Å². The van der Waals surface area contributed by atoms with Crippen LogP contribution in [0.4, 0.5) is 4.79 Å². The minimum atomic E-state index is -0.874. The number of benzene rings is 2. The van der Waals surface area contributed by atoms with E-state index in [4.69, 9.17) is 4.74 Å². The summed E-state index contributed by atoms with van der Waals surface area (Å²) in [5, 5.41) is 24.8. The summed E-state index contributed by atoms with van der Waals surface area (Å²) in [5.41, 5.74) is 2.93. The zero-order chi connectivity index (χ0) is 23.6. The summed E-state index contributed by atoms with van der Waals surface area (Å²) in [6.07, 6.45) is 4.13. The Balaban J connectivity index is 1.49. The van der Waals surface area contributed by atoms with Crippen molar-refractivity contribution in [2.24, 2.45) is 5.92 Å². The fourth-order valence-electron chi connectivity index (χ4n) is 4.15. The molecule has 0 heterocycles. The Morgan fingerprint density at radius 2 is 1.94 bits per heavy atom. The minimum absolute atomic E-state index is 0.0318. The van der Waals surface area contributed by atoms with Crippen LogP contribution in [-0.4, -0.2) is 29.8 Å². The van der Waals surface area contributed by atoms with Crippen molar-refractivity contribution in [3.63, 3.8) is 0 Å². The molecule has 7 heteroatoms. The number of alkyl carbamates (subject to hydrolysis) is 1. The van der Waals surface area contributed by atoms with Gasteiger partial charge in [0.05, 0.1) is 18.6 Å². The normalized spacial score (nSPS) is 18.5. The maximum Gasteiger partial charge on any atom is 0.407 e. The predicted molar refractivity (Wildman–Crippen MR) is 124 cm³/mol. The highest BCUT2D eigenvalue weighted by Gasteiger charge is 2.33. The molecule has 0 spiro atoms. The van der Waals surface area contributed by atoms with Crippen LogP contribution in [0, 0.1) is 24.2 Å². The Morgan fingerprint density at radius 1 is 1.18 bits per heavy atom. The van der Waals surface area contributed by atoms with Gasteiger partial charge in [0, 0.05) is 6.04 Å². The number of nitriles is 1. The van der Waals surface area contributed by atoms with Crippen molar-refractivity contribution < 1.29 is 19.4 Å². The molecule has 174 valence electrons. The molecule has 3 atom stereocenters. The average Bonchev–Trinajstić information content (AvgIpc) is 2.81. The molecular weight excluding hydrogens is 418 g/mol. The zero-order valence-corrected chi connectivity index (χ0v) is 18.9. The van der Waals surface area contributed by atoms with E-state index in [2.05, 4.69) is 41.0 Å². The first-order valence-electron chi connectivity index (χ1n) is 11.4. The molecule has 0 bridgehead atoms. The molecule has 33 heavy (non-hydrogen) atoms. The number of carbonyl (C=O) groups is 2. The lowest BCUT2D eigenvalue weighted by Gasteiger charge is -2.31. The molecule has 1 saturated carbocycles. The monoisotopic (exact) mass is 449 g/mol. The Bertz CT molecular complexity index is 984. The zero-order valence-electron chi connectivity index (χ0n) is 18.9. The first-order chi connectivity index (χ1) is 16.0. The smallest absolute Gasteiger partial charge is 0.407 e. The molecule has 0 saturated heterocycles. The Hall–Kier alpha value is -3.53. The first-order valence-corrected chi connectivity index (χ1v) is 11.4. The van der Waals surface area contributed by atoms with Crippen molar-refractivity contribution in [1.82, 2.24) is 10.6 Å². The number of carbonyl (C=O) groups excluding carboxylic acids is 2. The first kappa shape index (κ1) is 24.1. The van der Waals surface area contributed by atoms with Crippen molar-refractivity contribution in [1.29, 1.82) is 5.26 Å². The third kappa shape index (κ3) is 7.25. The number of phenols is 1. The molecule has 2 amide bonds. The Kier molecular flexibility index (Phi) is 8.71. The second-order valence-corrected chi connectivity index (χ2v) is 8.53. The van der Waals surface area contributed by atoms with Crippen molar-refractivity contribution in [3.8, 4) is 11.8 Å². The highest BCUT2D eigenvalue weighted by molar-refractivity contribution is 5.81. The van der Waals surface area contributed by atoms with Gasteiger partial charge < -0.3 is 20.5 Å². The largest absolute Gasteiger partial charge is 0.508 e. The topological polar surface area (TPSA) is 111 Å². The van der Waals surface area contributed by atoms with Crippen LogP contribution in [0.3, 0.4) is 0 Å². The lowest BCUT2D eigenvalue weighted by molar-refractivity contribution is -0.127. The maximum atomic E-state index is 12.9. The van der Waals surface area contributed by atoms with Crippen molar-refractivity contribution >= 4 is 12.0 Å². The molecule has 0 radical (unpaired) electrons. The predicted octanol–water partition coefficient (Wildman–Crippen LogP) is 4.30. The number of ether oxygens (including phenoxy) is 1. The summed E-state index contributed by atoms with van der Waals surface area (Å²) >= 11 is 0. The number of amides is 2. The van der Waals surface area contributed by atoms with Crippen molar-refractivity contribution in [2.45, 2.75) is 57.5 Å². The highest BCUT2D eigenvalue weighted by Crippen LogP contribution is 2.26. The van der Waals surface area contributed by atoms with Gasteiger partial charge in [-0.15, -0.1) is 0 Å². The van der Waals surface area contributed by atoms with E-state index < -0.39 is 18.1 Å². The third-order valence-corrected chi connectivity index (χ3v) is 5.99. The van der Waals surface area contributed by atoms with Gasteiger partial charge in [0.15, 0.2) is 0 Å². The summed E-state index contributed by atoms with van der Waals surface area (Å²) in [7, 11) is 0. The molecule has 3 N–H and O–H groups in total. The number of aryl methyl sites for hydroxylation is 2. The molecule has 1 aliphatic carbocycles. The quantitative estimate of drug-likeness (QED) is 0.520. The van der Waals surface area contributed by atoms with E-state index in [1.54, 1.807) is 12.1 Å². The summed E-state index contributed by atoms with van der Waals surface area (Å²) in [5.74, 6) is -0.689. The van der Waals surface area contributed by atoms with E-state index in [0.717, 1.165) is 25.7 Å². The lowest BCUT2D eigenvalue weighted by atomic mass is 9.83. The molecule has 3 rings (SSSR count). The van der Waals surface area contributed by atoms with Gasteiger partial charge in [-0.25, -0.2) is 4.79 Å². The number of hydrogen-bond donors (Lipinski definition) is 3. The molecule has 1 fully saturated rings. The fraction of sp³-hybridized carbons (Fsp3) is 0.423. The summed E-state index contributed by atoms with van der Waals surface area (Å²) in [6.45, 7) is 2.35. The maximum absolute atomic E-state index is 12.9. The van der Waals surface area contributed by atoms with Crippen LogP contribution >= 0.6 is 0 Å². The van der Waals surface area contributed by atoms with Crippen LogP contribution in [0.25, 0.3) is 0 Å². The summed E-state index contributed by atoms with van der Waals surface area (Å²) in [6, 6.07) is 15.4. The van der Waals surface area contributed by atoms with Crippen LogP contribution in [-0.2, 0) is 16.0 Å². The van der Waals surface area contributed by atoms with Crippen LogP contribution in [0.2, 0.25) is 0 Å². The van der Waals surface area contributed by atoms with E-state index in [9.17, 15) is 20.0 Å². The summed E-state index contributed by atoms with van der Waals surface area (Å²) < 4.78 is 5.34. The lowest BCUT2D eigenvalue weighted by Crippen LogP contribution is -2.49.